The number of piperazine rings is 1. The molecular formula is C25H25ClN2O2. The first-order chi connectivity index (χ1) is 14.7. The van der Waals surface area contributed by atoms with Gasteiger partial charge in [0.15, 0.2) is 0 Å². The van der Waals surface area contributed by atoms with E-state index in [4.69, 9.17) is 16.3 Å². The average molecular weight is 421 g/mol. The molecule has 1 heterocycles. The molecule has 3 aromatic carbocycles. The minimum Gasteiger partial charge on any atom is -0.496 e. The lowest BCUT2D eigenvalue weighted by molar-refractivity contribution is 0.0594. The molecule has 0 aliphatic carbocycles. The summed E-state index contributed by atoms with van der Waals surface area (Å²) in [6, 6.07) is 26.4. The number of halogens is 1. The maximum Gasteiger partial charge on any atom is 0.257 e. The van der Waals surface area contributed by atoms with Crippen LogP contribution in [0.4, 0.5) is 0 Å². The lowest BCUT2D eigenvalue weighted by Crippen LogP contribution is -2.49. The number of hydrogen-bond donors (Lipinski definition) is 0. The van der Waals surface area contributed by atoms with Crippen LogP contribution in [-0.2, 0) is 0 Å². The van der Waals surface area contributed by atoms with Gasteiger partial charge in [-0.2, -0.15) is 0 Å². The van der Waals surface area contributed by atoms with Gasteiger partial charge in [0.25, 0.3) is 5.91 Å². The molecule has 1 aliphatic rings. The van der Waals surface area contributed by atoms with Gasteiger partial charge < -0.3 is 9.64 Å². The zero-order valence-corrected chi connectivity index (χ0v) is 17.8. The summed E-state index contributed by atoms with van der Waals surface area (Å²) in [6.45, 7) is 2.94. The number of carbonyl (C=O) groups is 1. The van der Waals surface area contributed by atoms with E-state index in [0.29, 0.717) is 29.4 Å². The Hall–Kier alpha value is -2.82. The monoisotopic (exact) mass is 420 g/mol. The molecule has 1 fully saturated rings. The van der Waals surface area contributed by atoms with Crippen molar-refractivity contribution in [1.29, 1.82) is 0 Å². The Morgan fingerprint density at radius 2 is 1.43 bits per heavy atom. The molecule has 154 valence electrons. The Morgan fingerprint density at radius 1 is 0.867 bits per heavy atom. The number of amides is 1. The van der Waals surface area contributed by atoms with Crippen LogP contribution in [0.15, 0.2) is 78.9 Å². The Balaban J connectivity index is 1.52. The van der Waals surface area contributed by atoms with Crippen LogP contribution in [0.2, 0.25) is 5.02 Å². The van der Waals surface area contributed by atoms with Crippen molar-refractivity contribution in [3.63, 3.8) is 0 Å². The highest BCUT2D eigenvalue weighted by molar-refractivity contribution is 6.30. The summed E-state index contributed by atoms with van der Waals surface area (Å²) in [5, 5.41) is 0.557. The van der Waals surface area contributed by atoms with Gasteiger partial charge in [-0.15, -0.1) is 0 Å². The van der Waals surface area contributed by atoms with Gasteiger partial charge >= 0.3 is 0 Å². The van der Waals surface area contributed by atoms with E-state index in [1.165, 1.54) is 11.1 Å². The molecular weight excluding hydrogens is 396 g/mol. The minimum atomic E-state index is -0.0147. The van der Waals surface area contributed by atoms with E-state index in [9.17, 15) is 4.79 Å². The van der Waals surface area contributed by atoms with Crippen molar-refractivity contribution in [2.75, 3.05) is 33.3 Å². The first kappa shape index (κ1) is 20.5. The van der Waals surface area contributed by atoms with Gasteiger partial charge in [-0.05, 0) is 29.3 Å². The molecule has 4 nitrogen and oxygen atoms in total. The van der Waals surface area contributed by atoms with Gasteiger partial charge in [0.1, 0.15) is 5.75 Å². The highest BCUT2D eigenvalue weighted by Gasteiger charge is 2.29. The summed E-state index contributed by atoms with van der Waals surface area (Å²) in [5.74, 6) is 0.500. The second-order valence-corrected chi connectivity index (χ2v) is 7.83. The Morgan fingerprint density at radius 3 is 1.97 bits per heavy atom. The van der Waals surface area contributed by atoms with Crippen LogP contribution in [0.3, 0.4) is 0 Å². The third-order valence-corrected chi connectivity index (χ3v) is 5.83. The van der Waals surface area contributed by atoms with Crippen LogP contribution in [0.25, 0.3) is 0 Å². The molecule has 1 saturated heterocycles. The largest absolute Gasteiger partial charge is 0.496 e. The van der Waals surface area contributed by atoms with E-state index in [1.807, 2.05) is 17.0 Å². The summed E-state index contributed by atoms with van der Waals surface area (Å²) in [6.07, 6.45) is 0. The Labute approximate surface area is 182 Å². The highest BCUT2D eigenvalue weighted by atomic mass is 35.5. The van der Waals surface area contributed by atoms with Crippen molar-refractivity contribution in [1.82, 2.24) is 9.80 Å². The van der Waals surface area contributed by atoms with Crippen molar-refractivity contribution >= 4 is 17.5 Å². The summed E-state index contributed by atoms with van der Waals surface area (Å²) in [7, 11) is 1.56. The van der Waals surface area contributed by atoms with E-state index < -0.39 is 0 Å². The molecule has 4 rings (SSSR count). The second-order valence-electron chi connectivity index (χ2n) is 7.40. The summed E-state index contributed by atoms with van der Waals surface area (Å²) < 4.78 is 5.37. The van der Waals surface area contributed by atoms with Gasteiger partial charge in [0, 0.05) is 31.2 Å². The molecule has 0 spiro atoms. The van der Waals surface area contributed by atoms with Crippen molar-refractivity contribution in [3.8, 4) is 5.75 Å². The molecule has 0 N–H and O–H groups in total. The highest BCUT2D eigenvalue weighted by Crippen LogP contribution is 2.30. The van der Waals surface area contributed by atoms with Crippen molar-refractivity contribution < 1.29 is 9.53 Å². The molecule has 3 aromatic rings. The van der Waals surface area contributed by atoms with E-state index in [1.54, 1.807) is 25.3 Å². The number of carbonyl (C=O) groups excluding carboxylic acids is 1. The summed E-state index contributed by atoms with van der Waals surface area (Å²) >= 11 is 6.04. The van der Waals surface area contributed by atoms with Gasteiger partial charge in [0.05, 0.1) is 18.7 Å². The molecule has 0 atom stereocenters. The lowest BCUT2D eigenvalue weighted by atomic mass is 9.96. The molecule has 5 heteroatoms. The van der Waals surface area contributed by atoms with Crippen LogP contribution in [0.1, 0.15) is 27.5 Å². The summed E-state index contributed by atoms with van der Waals surface area (Å²) in [5.41, 5.74) is 3.09. The maximum atomic E-state index is 13.1. The van der Waals surface area contributed by atoms with E-state index in [0.717, 1.165) is 13.1 Å². The number of methoxy groups -OCH3 is 1. The maximum absolute atomic E-state index is 13.1. The summed E-state index contributed by atoms with van der Waals surface area (Å²) in [4.78, 5) is 17.4. The van der Waals surface area contributed by atoms with Gasteiger partial charge in [-0.3, -0.25) is 9.69 Å². The molecule has 0 radical (unpaired) electrons. The van der Waals surface area contributed by atoms with Crippen molar-refractivity contribution in [2.24, 2.45) is 0 Å². The van der Waals surface area contributed by atoms with Crippen LogP contribution in [0, 0.1) is 0 Å². The molecule has 0 unspecified atom stereocenters. The molecule has 1 amide bonds. The van der Waals surface area contributed by atoms with Gasteiger partial charge in [-0.1, -0.05) is 72.3 Å². The first-order valence-electron chi connectivity index (χ1n) is 10.1. The van der Waals surface area contributed by atoms with E-state index >= 15 is 0 Å². The fourth-order valence-corrected chi connectivity index (χ4v) is 4.24. The van der Waals surface area contributed by atoms with Crippen molar-refractivity contribution in [2.45, 2.75) is 6.04 Å². The quantitative estimate of drug-likeness (QED) is 0.588. The standard InChI is InChI=1S/C25H25ClN2O2/c1-30-23-18-21(26)12-13-22(23)25(29)28-16-14-27(15-17-28)24(19-8-4-2-5-9-19)20-10-6-3-7-11-20/h2-13,18,24H,14-17H2,1H3. The molecule has 1 aliphatic heterocycles. The average Bonchev–Trinajstić information content (AvgIpc) is 2.80. The second kappa shape index (κ2) is 9.33. The smallest absolute Gasteiger partial charge is 0.257 e. The SMILES string of the molecule is COc1cc(Cl)ccc1C(=O)N1CCN(C(c2ccccc2)c2ccccc2)CC1. The molecule has 0 saturated carbocycles. The van der Waals surface area contributed by atoms with Gasteiger partial charge in [0.2, 0.25) is 0 Å². The third kappa shape index (κ3) is 4.35. The van der Waals surface area contributed by atoms with E-state index in [-0.39, 0.29) is 11.9 Å². The fraction of sp³-hybridized carbons (Fsp3) is 0.240. The first-order valence-corrected chi connectivity index (χ1v) is 10.5. The van der Waals surface area contributed by atoms with Crippen LogP contribution in [-0.4, -0.2) is 49.0 Å². The van der Waals surface area contributed by atoms with Crippen molar-refractivity contribution in [3.05, 3.63) is 101 Å². The normalized spacial score (nSPS) is 14.7. The number of rotatable bonds is 5. The number of benzene rings is 3. The molecule has 30 heavy (non-hydrogen) atoms. The zero-order valence-electron chi connectivity index (χ0n) is 17.0. The lowest BCUT2D eigenvalue weighted by Gasteiger charge is -2.40. The predicted molar refractivity (Wildman–Crippen MR) is 120 cm³/mol. The topological polar surface area (TPSA) is 32.8 Å². The molecule has 0 bridgehead atoms. The number of nitrogens with zero attached hydrogens (tertiary/aromatic N) is 2. The van der Waals surface area contributed by atoms with Crippen LogP contribution >= 0.6 is 11.6 Å². The van der Waals surface area contributed by atoms with E-state index in [2.05, 4.69) is 53.4 Å². The zero-order chi connectivity index (χ0) is 20.9. The van der Waals surface area contributed by atoms with Crippen LogP contribution < -0.4 is 4.74 Å². The predicted octanol–water partition coefficient (Wildman–Crippen LogP) is 4.90. The fourth-order valence-electron chi connectivity index (χ4n) is 4.08. The Bertz CT molecular complexity index is 947. The van der Waals surface area contributed by atoms with Crippen LogP contribution in [0.5, 0.6) is 5.75 Å². The number of hydrogen-bond acceptors (Lipinski definition) is 3. The minimum absolute atomic E-state index is 0.0147. The third-order valence-electron chi connectivity index (χ3n) is 5.59. The Kier molecular flexibility index (Phi) is 6.36. The number of ether oxygens (including phenoxy) is 1. The molecule has 0 aromatic heterocycles. The van der Waals surface area contributed by atoms with Gasteiger partial charge in [-0.25, -0.2) is 0 Å².